The Bertz CT molecular complexity index is 165. The van der Waals surface area contributed by atoms with Crippen molar-refractivity contribution in [2.45, 2.75) is 57.7 Å². The highest BCUT2D eigenvalue weighted by atomic mass is 16.5. The van der Waals surface area contributed by atoms with Crippen molar-refractivity contribution in [3.05, 3.63) is 0 Å². The summed E-state index contributed by atoms with van der Waals surface area (Å²) >= 11 is 0. The van der Waals surface area contributed by atoms with Crippen molar-refractivity contribution in [3.8, 4) is 0 Å². The van der Waals surface area contributed by atoms with E-state index in [1.165, 1.54) is 12.8 Å². The molecular weight excluding hydrogens is 190 g/mol. The van der Waals surface area contributed by atoms with E-state index < -0.39 is 5.60 Å². The molecule has 0 aromatic rings. The Hall–Kier alpha value is -0.120. The fourth-order valence-electron chi connectivity index (χ4n) is 1.81. The van der Waals surface area contributed by atoms with Crippen LogP contribution in [0.3, 0.4) is 0 Å². The molecule has 2 N–H and O–H groups in total. The highest BCUT2D eigenvalue weighted by molar-refractivity contribution is 4.73. The lowest BCUT2D eigenvalue weighted by Gasteiger charge is -2.21. The molecule has 1 saturated heterocycles. The summed E-state index contributed by atoms with van der Waals surface area (Å²) in [5.41, 5.74) is -0.552. The summed E-state index contributed by atoms with van der Waals surface area (Å²) in [5.74, 6) is 0. The molecule has 15 heavy (non-hydrogen) atoms. The summed E-state index contributed by atoms with van der Waals surface area (Å²) in [6.45, 7) is 6.50. The van der Waals surface area contributed by atoms with Gasteiger partial charge < -0.3 is 15.2 Å². The van der Waals surface area contributed by atoms with Crippen molar-refractivity contribution in [2.24, 2.45) is 0 Å². The molecule has 0 amide bonds. The quantitative estimate of drug-likeness (QED) is 0.635. The van der Waals surface area contributed by atoms with Gasteiger partial charge in [-0.3, -0.25) is 0 Å². The Morgan fingerprint density at radius 2 is 2.33 bits per heavy atom. The average Bonchev–Trinajstić information content (AvgIpc) is 2.70. The maximum absolute atomic E-state index is 9.75. The third kappa shape index (κ3) is 5.50. The molecule has 3 heteroatoms. The van der Waals surface area contributed by atoms with Crippen LogP contribution in [0.1, 0.15) is 46.0 Å². The number of aliphatic hydroxyl groups is 1. The number of nitrogens with one attached hydrogen (secondary N) is 1. The van der Waals surface area contributed by atoms with E-state index in [0.29, 0.717) is 12.6 Å². The van der Waals surface area contributed by atoms with Crippen LogP contribution in [0.2, 0.25) is 0 Å². The zero-order valence-corrected chi connectivity index (χ0v) is 10.1. The highest BCUT2D eigenvalue weighted by Crippen LogP contribution is 2.16. The Morgan fingerprint density at radius 1 is 1.53 bits per heavy atom. The molecule has 3 nitrogen and oxygen atoms in total. The predicted molar refractivity (Wildman–Crippen MR) is 62.0 cm³/mol. The molecule has 0 aromatic heterocycles. The topological polar surface area (TPSA) is 41.5 Å². The highest BCUT2D eigenvalue weighted by Gasteiger charge is 2.17. The lowest BCUT2D eigenvalue weighted by Crippen LogP contribution is -2.37. The van der Waals surface area contributed by atoms with Gasteiger partial charge in [-0.05, 0) is 45.6 Å². The lowest BCUT2D eigenvalue weighted by molar-refractivity contribution is 0.0553. The first-order valence-corrected chi connectivity index (χ1v) is 6.19. The van der Waals surface area contributed by atoms with Gasteiger partial charge in [-0.2, -0.15) is 0 Å². The largest absolute Gasteiger partial charge is 0.389 e. The number of hydrogen-bond donors (Lipinski definition) is 2. The maximum atomic E-state index is 9.75. The molecule has 0 aromatic carbocycles. The first kappa shape index (κ1) is 12.9. The number of rotatable bonds is 7. The van der Waals surface area contributed by atoms with Crippen LogP contribution >= 0.6 is 0 Å². The van der Waals surface area contributed by atoms with E-state index in [-0.39, 0.29) is 0 Å². The number of ether oxygens (including phenoxy) is 1. The van der Waals surface area contributed by atoms with E-state index in [4.69, 9.17) is 4.74 Å². The van der Waals surface area contributed by atoms with Crippen LogP contribution in [-0.4, -0.2) is 36.5 Å². The molecule has 1 heterocycles. The predicted octanol–water partition coefficient (Wildman–Crippen LogP) is 1.70. The monoisotopic (exact) mass is 215 g/mol. The molecule has 0 spiro atoms. The Morgan fingerprint density at radius 3 is 2.93 bits per heavy atom. The van der Waals surface area contributed by atoms with Crippen molar-refractivity contribution in [1.82, 2.24) is 5.32 Å². The molecule has 0 radical (unpaired) electrons. The van der Waals surface area contributed by atoms with Gasteiger partial charge in [0.25, 0.3) is 0 Å². The van der Waals surface area contributed by atoms with Gasteiger partial charge in [0.15, 0.2) is 0 Å². The van der Waals surface area contributed by atoms with Crippen molar-refractivity contribution in [3.63, 3.8) is 0 Å². The van der Waals surface area contributed by atoms with E-state index >= 15 is 0 Å². The Balaban J connectivity index is 1.92. The molecule has 1 fully saturated rings. The molecule has 0 aliphatic carbocycles. The first-order chi connectivity index (χ1) is 7.14. The maximum Gasteiger partial charge on any atom is 0.0740 e. The van der Waals surface area contributed by atoms with Gasteiger partial charge >= 0.3 is 0 Å². The fourth-order valence-corrected chi connectivity index (χ4v) is 1.81. The zero-order valence-electron chi connectivity index (χ0n) is 10.1. The van der Waals surface area contributed by atoms with Crippen LogP contribution < -0.4 is 5.32 Å². The molecular formula is C12H25NO2. The molecule has 90 valence electrons. The second-order valence-electron chi connectivity index (χ2n) is 4.80. The summed E-state index contributed by atoms with van der Waals surface area (Å²) in [6.07, 6.45) is 6.05. The van der Waals surface area contributed by atoms with Crippen LogP contribution in [0.15, 0.2) is 0 Å². The van der Waals surface area contributed by atoms with Crippen LogP contribution in [0.4, 0.5) is 0 Å². The van der Waals surface area contributed by atoms with Crippen molar-refractivity contribution in [1.29, 1.82) is 0 Å². The Kier molecular flexibility index (Phi) is 5.58. The molecule has 1 aliphatic rings. The second kappa shape index (κ2) is 6.46. The second-order valence-corrected chi connectivity index (χ2v) is 4.80. The normalized spacial score (nSPS) is 25.4. The average molecular weight is 215 g/mol. The summed E-state index contributed by atoms with van der Waals surface area (Å²) in [4.78, 5) is 0. The fraction of sp³-hybridized carbons (Fsp3) is 1.00. The van der Waals surface area contributed by atoms with Gasteiger partial charge in [-0.1, -0.05) is 6.92 Å². The van der Waals surface area contributed by atoms with Crippen molar-refractivity contribution < 1.29 is 9.84 Å². The zero-order chi connectivity index (χ0) is 11.1. The van der Waals surface area contributed by atoms with Crippen LogP contribution in [-0.2, 0) is 4.74 Å². The standard InChI is InChI=1S/C12H25NO2/c1-3-12(2,14)10-13-8-4-6-11-7-5-9-15-11/h11,13-14H,3-10H2,1-2H3. The summed E-state index contributed by atoms with van der Waals surface area (Å²) in [5, 5.41) is 13.0. The minimum absolute atomic E-state index is 0.499. The third-order valence-corrected chi connectivity index (χ3v) is 3.17. The van der Waals surface area contributed by atoms with Gasteiger partial charge in [0, 0.05) is 13.2 Å². The minimum Gasteiger partial charge on any atom is -0.389 e. The molecule has 1 rings (SSSR count). The third-order valence-electron chi connectivity index (χ3n) is 3.17. The molecule has 1 aliphatic heterocycles. The lowest BCUT2D eigenvalue weighted by atomic mass is 10.0. The SMILES string of the molecule is CCC(C)(O)CNCCCC1CCCO1. The minimum atomic E-state index is -0.552. The van der Waals surface area contributed by atoms with Gasteiger partial charge in [0.1, 0.15) is 0 Å². The van der Waals surface area contributed by atoms with E-state index in [0.717, 1.165) is 32.4 Å². The summed E-state index contributed by atoms with van der Waals surface area (Å²) in [6, 6.07) is 0. The van der Waals surface area contributed by atoms with E-state index in [9.17, 15) is 5.11 Å². The first-order valence-electron chi connectivity index (χ1n) is 6.19. The van der Waals surface area contributed by atoms with E-state index in [1.807, 2.05) is 13.8 Å². The molecule has 0 bridgehead atoms. The van der Waals surface area contributed by atoms with Gasteiger partial charge in [0.05, 0.1) is 11.7 Å². The van der Waals surface area contributed by atoms with E-state index in [2.05, 4.69) is 5.32 Å². The smallest absolute Gasteiger partial charge is 0.0740 e. The van der Waals surface area contributed by atoms with Gasteiger partial charge in [-0.15, -0.1) is 0 Å². The van der Waals surface area contributed by atoms with Gasteiger partial charge in [-0.25, -0.2) is 0 Å². The van der Waals surface area contributed by atoms with Crippen LogP contribution in [0.25, 0.3) is 0 Å². The summed E-state index contributed by atoms with van der Waals surface area (Å²) < 4.78 is 5.54. The molecule has 2 unspecified atom stereocenters. The van der Waals surface area contributed by atoms with Crippen LogP contribution in [0, 0.1) is 0 Å². The Labute approximate surface area is 93.2 Å². The molecule has 0 saturated carbocycles. The number of hydrogen-bond acceptors (Lipinski definition) is 3. The summed E-state index contributed by atoms with van der Waals surface area (Å²) in [7, 11) is 0. The van der Waals surface area contributed by atoms with Crippen molar-refractivity contribution in [2.75, 3.05) is 19.7 Å². The van der Waals surface area contributed by atoms with Crippen molar-refractivity contribution >= 4 is 0 Å². The molecule has 2 atom stereocenters. The van der Waals surface area contributed by atoms with E-state index in [1.54, 1.807) is 0 Å². The van der Waals surface area contributed by atoms with Gasteiger partial charge in [0.2, 0.25) is 0 Å². The van der Waals surface area contributed by atoms with Crippen LogP contribution in [0.5, 0.6) is 0 Å².